The van der Waals surface area contributed by atoms with Gasteiger partial charge in [-0.25, -0.2) is 0 Å². The second-order valence-corrected chi connectivity index (χ2v) is 6.00. The Bertz CT molecular complexity index is 522. The minimum atomic E-state index is 0. The van der Waals surface area contributed by atoms with E-state index in [9.17, 15) is 0 Å². The molecule has 2 rings (SSSR count). The molecule has 1 aliphatic rings. The molecule has 0 spiro atoms. The molecule has 0 aliphatic carbocycles. The van der Waals surface area contributed by atoms with Crippen LogP contribution in [0.5, 0.6) is 5.75 Å². The first-order chi connectivity index (χ1) is 11.7. The van der Waals surface area contributed by atoms with Crippen LogP contribution in [-0.2, 0) is 16.0 Å². The Balaban J connectivity index is 0.00000312. The van der Waals surface area contributed by atoms with Gasteiger partial charge in [-0.05, 0) is 24.1 Å². The fraction of sp³-hybridized carbons (Fsp3) is 0.611. The number of benzene rings is 1. The van der Waals surface area contributed by atoms with Crippen molar-refractivity contribution in [1.29, 1.82) is 0 Å². The van der Waals surface area contributed by atoms with Crippen LogP contribution in [0.1, 0.15) is 12.0 Å². The van der Waals surface area contributed by atoms with Crippen LogP contribution >= 0.6 is 24.0 Å². The van der Waals surface area contributed by atoms with E-state index in [0.29, 0.717) is 25.7 Å². The van der Waals surface area contributed by atoms with Gasteiger partial charge in [-0.2, -0.15) is 0 Å². The summed E-state index contributed by atoms with van der Waals surface area (Å²) < 4.78 is 16.1. The highest BCUT2D eigenvalue weighted by molar-refractivity contribution is 14.0. The first-order valence-corrected chi connectivity index (χ1v) is 8.43. The van der Waals surface area contributed by atoms with Crippen molar-refractivity contribution in [1.82, 2.24) is 10.2 Å². The van der Waals surface area contributed by atoms with Crippen LogP contribution in [0.3, 0.4) is 0 Å². The van der Waals surface area contributed by atoms with Crippen molar-refractivity contribution in [2.75, 3.05) is 54.2 Å². The summed E-state index contributed by atoms with van der Waals surface area (Å²) in [6.45, 7) is 4.54. The number of ether oxygens (including phenoxy) is 3. The monoisotopic (exact) mass is 463 g/mol. The van der Waals surface area contributed by atoms with Crippen molar-refractivity contribution in [3.8, 4) is 5.75 Å². The van der Waals surface area contributed by atoms with Crippen molar-refractivity contribution in [3.63, 3.8) is 0 Å². The zero-order valence-corrected chi connectivity index (χ0v) is 17.7. The summed E-state index contributed by atoms with van der Waals surface area (Å²) in [5.74, 6) is 2.34. The van der Waals surface area contributed by atoms with E-state index in [1.54, 1.807) is 7.11 Å². The molecule has 0 bridgehead atoms. The molecule has 1 saturated heterocycles. The van der Waals surface area contributed by atoms with E-state index in [2.05, 4.69) is 28.3 Å². The molecule has 0 radical (unpaired) electrons. The molecule has 1 N–H and O–H groups in total. The van der Waals surface area contributed by atoms with Crippen LogP contribution in [0.25, 0.3) is 0 Å². The number of aliphatic imine (C=N–C) groups is 1. The molecule has 1 unspecified atom stereocenters. The molecular weight excluding hydrogens is 433 g/mol. The van der Waals surface area contributed by atoms with Crippen LogP contribution in [0, 0.1) is 5.92 Å². The molecule has 142 valence electrons. The summed E-state index contributed by atoms with van der Waals surface area (Å²) in [5, 5.41) is 3.41. The smallest absolute Gasteiger partial charge is 0.193 e. The number of methoxy groups -OCH3 is 1. The first-order valence-electron chi connectivity index (χ1n) is 8.43. The Morgan fingerprint density at radius 3 is 2.92 bits per heavy atom. The summed E-state index contributed by atoms with van der Waals surface area (Å²) in [6.07, 6.45) is 1.13. The minimum Gasteiger partial charge on any atom is -0.491 e. The van der Waals surface area contributed by atoms with Crippen LogP contribution in [0.4, 0.5) is 0 Å². The number of guanidine groups is 1. The Morgan fingerprint density at radius 1 is 1.40 bits per heavy atom. The van der Waals surface area contributed by atoms with Gasteiger partial charge < -0.3 is 24.4 Å². The Labute approximate surface area is 167 Å². The van der Waals surface area contributed by atoms with E-state index in [1.807, 2.05) is 25.2 Å². The van der Waals surface area contributed by atoms with Gasteiger partial charge in [-0.3, -0.25) is 4.99 Å². The molecule has 1 aromatic rings. The number of halogens is 1. The lowest BCUT2D eigenvalue weighted by Crippen LogP contribution is -2.41. The maximum Gasteiger partial charge on any atom is 0.193 e. The maximum atomic E-state index is 5.65. The normalized spacial score (nSPS) is 17.1. The molecular formula is C18H30IN3O3. The first kappa shape index (κ1) is 22.0. The van der Waals surface area contributed by atoms with Gasteiger partial charge in [0.25, 0.3) is 0 Å². The van der Waals surface area contributed by atoms with Gasteiger partial charge in [0, 0.05) is 46.8 Å². The third kappa shape index (κ3) is 7.79. The molecule has 0 aromatic heterocycles. The minimum absolute atomic E-state index is 0. The molecule has 1 heterocycles. The predicted octanol–water partition coefficient (Wildman–Crippen LogP) is 2.37. The van der Waals surface area contributed by atoms with Crippen molar-refractivity contribution in [2.45, 2.75) is 13.0 Å². The largest absolute Gasteiger partial charge is 0.491 e. The van der Waals surface area contributed by atoms with Crippen molar-refractivity contribution in [3.05, 3.63) is 29.8 Å². The van der Waals surface area contributed by atoms with E-state index in [1.165, 1.54) is 0 Å². The molecule has 25 heavy (non-hydrogen) atoms. The predicted molar refractivity (Wildman–Crippen MR) is 111 cm³/mol. The number of nitrogens with one attached hydrogen (secondary N) is 1. The Hall–Kier alpha value is -1.06. The van der Waals surface area contributed by atoms with Gasteiger partial charge >= 0.3 is 0 Å². The third-order valence-corrected chi connectivity index (χ3v) is 4.03. The highest BCUT2D eigenvalue weighted by atomic mass is 127. The van der Waals surface area contributed by atoms with Gasteiger partial charge in [-0.1, -0.05) is 12.1 Å². The lowest BCUT2D eigenvalue weighted by Gasteiger charge is -2.24. The standard InChI is InChI=1S/C18H29N3O3.HI/c1-19-18(21(2)13-16-7-8-23-14-16)20-12-15-5-4-6-17(11-15)24-10-9-22-3;/h4-6,11,16H,7-10,12-14H2,1-3H3,(H,19,20);1H. The van der Waals surface area contributed by atoms with Crippen molar-refractivity contribution in [2.24, 2.45) is 10.9 Å². The summed E-state index contributed by atoms with van der Waals surface area (Å²) in [4.78, 5) is 6.54. The Kier molecular flexibility index (Phi) is 10.8. The van der Waals surface area contributed by atoms with Gasteiger partial charge in [0.1, 0.15) is 12.4 Å². The second kappa shape index (κ2) is 12.3. The molecule has 1 aliphatic heterocycles. The van der Waals surface area contributed by atoms with E-state index >= 15 is 0 Å². The van der Waals surface area contributed by atoms with E-state index in [-0.39, 0.29) is 24.0 Å². The molecule has 1 fully saturated rings. The maximum absolute atomic E-state index is 5.65. The Morgan fingerprint density at radius 2 is 2.24 bits per heavy atom. The van der Waals surface area contributed by atoms with Crippen LogP contribution in [-0.4, -0.2) is 65.0 Å². The molecule has 7 heteroatoms. The van der Waals surface area contributed by atoms with Crippen molar-refractivity contribution >= 4 is 29.9 Å². The molecule has 0 amide bonds. The van der Waals surface area contributed by atoms with Crippen LogP contribution in [0.2, 0.25) is 0 Å². The number of nitrogens with zero attached hydrogens (tertiary/aromatic N) is 2. The van der Waals surface area contributed by atoms with E-state index < -0.39 is 0 Å². The van der Waals surface area contributed by atoms with E-state index in [4.69, 9.17) is 14.2 Å². The van der Waals surface area contributed by atoms with Gasteiger partial charge in [0.15, 0.2) is 5.96 Å². The molecule has 0 saturated carbocycles. The zero-order chi connectivity index (χ0) is 17.2. The average molecular weight is 463 g/mol. The van der Waals surface area contributed by atoms with Crippen LogP contribution in [0.15, 0.2) is 29.3 Å². The average Bonchev–Trinajstić information content (AvgIpc) is 3.09. The fourth-order valence-corrected chi connectivity index (χ4v) is 2.76. The topological polar surface area (TPSA) is 55.3 Å². The number of rotatable bonds is 8. The fourth-order valence-electron chi connectivity index (χ4n) is 2.76. The number of hydrogen-bond donors (Lipinski definition) is 1. The highest BCUT2D eigenvalue weighted by Gasteiger charge is 2.18. The van der Waals surface area contributed by atoms with Gasteiger partial charge in [0.05, 0.1) is 13.2 Å². The summed E-state index contributed by atoms with van der Waals surface area (Å²) in [7, 11) is 5.55. The second-order valence-electron chi connectivity index (χ2n) is 6.00. The molecule has 1 atom stereocenters. The third-order valence-electron chi connectivity index (χ3n) is 4.03. The summed E-state index contributed by atoms with van der Waals surface area (Å²) >= 11 is 0. The lowest BCUT2D eigenvalue weighted by molar-refractivity contribution is 0.146. The number of hydrogen-bond acceptors (Lipinski definition) is 4. The van der Waals surface area contributed by atoms with E-state index in [0.717, 1.165) is 43.5 Å². The summed E-state index contributed by atoms with van der Waals surface area (Å²) in [5.41, 5.74) is 1.16. The zero-order valence-electron chi connectivity index (χ0n) is 15.4. The SMILES string of the molecule is CN=C(NCc1cccc(OCCOC)c1)N(C)CC1CCOC1.I. The lowest BCUT2D eigenvalue weighted by atomic mass is 10.1. The van der Waals surface area contributed by atoms with Crippen molar-refractivity contribution < 1.29 is 14.2 Å². The summed E-state index contributed by atoms with van der Waals surface area (Å²) in [6, 6.07) is 8.08. The van der Waals surface area contributed by atoms with Crippen LogP contribution < -0.4 is 10.1 Å². The highest BCUT2D eigenvalue weighted by Crippen LogP contribution is 2.14. The van der Waals surface area contributed by atoms with Gasteiger partial charge in [-0.15, -0.1) is 24.0 Å². The molecule has 1 aromatic carbocycles. The molecule has 6 nitrogen and oxygen atoms in total. The quantitative estimate of drug-likeness (QED) is 0.278. The van der Waals surface area contributed by atoms with Gasteiger partial charge in [0.2, 0.25) is 0 Å².